The topological polar surface area (TPSA) is 66.6 Å². The largest absolute Gasteiger partial charge is 0.339 e. The summed E-state index contributed by atoms with van der Waals surface area (Å²) in [4.78, 5) is 27.8. The molecule has 5 heteroatoms. The van der Waals surface area contributed by atoms with Crippen LogP contribution in [-0.4, -0.2) is 53.8 Å². The van der Waals surface area contributed by atoms with Crippen molar-refractivity contribution >= 4 is 11.8 Å². The zero-order valence-electron chi connectivity index (χ0n) is 12.5. The molecule has 2 rings (SSSR count). The van der Waals surface area contributed by atoms with Crippen LogP contribution in [0.2, 0.25) is 0 Å². The van der Waals surface area contributed by atoms with E-state index in [0.717, 1.165) is 38.8 Å². The fourth-order valence-corrected chi connectivity index (χ4v) is 3.36. The molecule has 0 aromatic rings. The van der Waals surface area contributed by atoms with Gasteiger partial charge in [0.1, 0.15) is 0 Å². The number of amides is 2. The van der Waals surface area contributed by atoms with Gasteiger partial charge < -0.3 is 15.5 Å². The summed E-state index contributed by atoms with van der Waals surface area (Å²) in [5.74, 6) is 1.08. The first kappa shape index (κ1) is 15.3. The molecule has 114 valence electrons. The molecule has 0 aromatic carbocycles. The van der Waals surface area contributed by atoms with Gasteiger partial charge in [-0.1, -0.05) is 13.3 Å². The second kappa shape index (κ2) is 7.07. The highest BCUT2D eigenvalue weighted by Crippen LogP contribution is 2.24. The Morgan fingerprint density at radius 2 is 2.20 bits per heavy atom. The zero-order chi connectivity index (χ0) is 14.5. The van der Waals surface area contributed by atoms with Crippen molar-refractivity contribution in [2.45, 2.75) is 51.5 Å². The predicted octanol–water partition coefficient (Wildman–Crippen LogP) is 0.975. The second-order valence-corrected chi connectivity index (χ2v) is 6.01. The second-order valence-electron chi connectivity index (χ2n) is 6.01. The monoisotopic (exact) mass is 281 g/mol. The minimum atomic E-state index is 0.250. The normalized spacial score (nSPS) is 23.9. The van der Waals surface area contributed by atoms with Gasteiger partial charge in [0.2, 0.25) is 11.8 Å². The van der Waals surface area contributed by atoms with Crippen LogP contribution in [0.4, 0.5) is 0 Å². The van der Waals surface area contributed by atoms with E-state index in [-0.39, 0.29) is 17.9 Å². The number of rotatable bonds is 6. The van der Waals surface area contributed by atoms with Crippen LogP contribution in [0.5, 0.6) is 0 Å². The van der Waals surface area contributed by atoms with Crippen LogP contribution >= 0.6 is 0 Å². The van der Waals surface area contributed by atoms with Gasteiger partial charge in [0.25, 0.3) is 0 Å². The summed E-state index contributed by atoms with van der Waals surface area (Å²) in [5.41, 5.74) is 5.59. The maximum absolute atomic E-state index is 12.3. The number of nitrogens with two attached hydrogens (primary N) is 1. The van der Waals surface area contributed by atoms with E-state index in [1.807, 2.05) is 9.80 Å². The van der Waals surface area contributed by atoms with E-state index < -0.39 is 0 Å². The predicted molar refractivity (Wildman–Crippen MR) is 78.0 cm³/mol. The van der Waals surface area contributed by atoms with E-state index in [1.54, 1.807) is 0 Å². The zero-order valence-corrected chi connectivity index (χ0v) is 12.5. The SMILES string of the molecule is CCC(CCN)CCC(=O)N1CCN2C(=O)CCC2C1. The maximum atomic E-state index is 12.3. The Kier molecular flexibility index (Phi) is 5.40. The molecule has 2 aliphatic rings. The van der Waals surface area contributed by atoms with Crippen molar-refractivity contribution in [2.24, 2.45) is 11.7 Å². The van der Waals surface area contributed by atoms with Gasteiger partial charge in [0.05, 0.1) is 0 Å². The Labute approximate surface area is 121 Å². The van der Waals surface area contributed by atoms with Gasteiger partial charge in [-0.2, -0.15) is 0 Å². The van der Waals surface area contributed by atoms with Crippen LogP contribution in [0.1, 0.15) is 45.4 Å². The molecule has 0 aromatic heterocycles. The number of carbonyl (C=O) groups excluding carboxylic acids is 2. The van der Waals surface area contributed by atoms with Crippen LogP contribution in [0.25, 0.3) is 0 Å². The Hall–Kier alpha value is -1.10. The lowest BCUT2D eigenvalue weighted by Crippen LogP contribution is -2.53. The molecule has 2 saturated heterocycles. The van der Waals surface area contributed by atoms with Gasteiger partial charge in [-0.25, -0.2) is 0 Å². The third-order valence-corrected chi connectivity index (χ3v) is 4.77. The molecular weight excluding hydrogens is 254 g/mol. The van der Waals surface area contributed by atoms with Gasteiger partial charge in [-0.05, 0) is 31.7 Å². The van der Waals surface area contributed by atoms with Gasteiger partial charge in [0, 0.05) is 38.5 Å². The molecule has 5 nitrogen and oxygen atoms in total. The van der Waals surface area contributed by atoms with E-state index in [9.17, 15) is 9.59 Å². The molecule has 0 radical (unpaired) electrons. The van der Waals surface area contributed by atoms with Crippen molar-refractivity contribution in [3.8, 4) is 0 Å². The molecule has 2 atom stereocenters. The molecule has 0 saturated carbocycles. The molecule has 2 fully saturated rings. The van der Waals surface area contributed by atoms with Crippen LogP contribution in [0.3, 0.4) is 0 Å². The number of fused-ring (bicyclic) bond motifs is 1. The first-order valence-corrected chi connectivity index (χ1v) is 7.93. The molecule has 2 amide bonds. The van der Waals surface area contributed by atoms with Gasteiger partial charge in [-0.15, -0.1) is 0 Å². The van der Waals surface area contributed by atoms with Crippen molar-refractivity contribution in [3.05, 3.63) is 0 Å². The van der Waals surface area contributed by atoms with Gasteiger partial charge in [-0.3, -0.25) is 9.59 Å². The minimum absolute atomic E-state index is 0.250. The highest BCUT2D eigenvalue weighted by atomic mass is 16.2. The minimum Gasteiger partial charge on any atom is -0.339 e. The fourth-order valence-electron chi connectivity index (χ4n) is 3.36. The van der Waals surface area contributed by atoms with E-state index >= 15 is 0 Å². The van der Waals surface area contributed by atoms with Crippen LogP contribution < -0.4 is 5.73 Å². The summed E-state index contributed by atoms with van der Waals surface area (Å²) in [7, 11) is 0. The summed E-state index contributed by atoms with van der Waals surface area (Å²) in [6.07, 6.45) is 5.23. The summed E-state index contributed by atoms with van der Waals surface area (Å²) >= 11 is 0. The van der Waals surface area contributed by atoms with E-state index in [2.05, 4.69) is 6.92 Å². The van der Waals surface area contributed by atoms with Crippen molar-refractivity contribution < 1.29 is 9.59 Å². The summed E-state index contributed by atoms with van der Waals surface area (Å²) < 4.78 is 0. The highest BCUT2D eigenvalue weighted by molar-refractivity contribution is 5.80. The summed E-state index contributed by atoms with van der Waals surface area (Å²) in [6.45, 7) is 5.02. The lowest BCUT2D eigenvalue weighted by molar-refractivity contribution is -0.139. The maximum Gasteiger partial charge on any atom is 0.223 e. The summed E-state index contributed by atoms with van der Waals surface area (Å²) in [5, 5.41) is 0. The van der Waals surface area contributed by atoms with Gasteiger partial charge >= 0.3 is 0 Å². The first-order valence-electron chi connectivity index (χ1n) is 7.93. The number of piperazine rings is 1. The fraction of sp³-hybridized carbons (Fsp3) is 0.867. The third-order valence-electron chi connectivity index (χ3n) is 4.77. The molecule has 2 N–H and O–H groups in total. The first-order chi connectivity index (χ1) is 9.65. The smallest absolute Gasteiger partial charge is 0.223 e. The Morgan fingerprint density at radius 1 is 1.40 bits per heavy atom. The quantitative estimate of drug-likeness (QED) is 0.789. The van der Waals surface area contributed by atoms with Gasteiger partial charge in [0.15, 0.2) is 0 Å². The van der Waals surface area contributed by atoms with E-state index in [0.29, 0.717) is 31.8 Å². The standard InChI is InChI=1S/C15H27N3O2/c1-2-12(7-8-16)3-5-14(19)17-9-10-18-13(11-17)4-6-15(18)20/h12-13H,2-11,16H2,1H3. The molecule has 2 aliphatic heterocycles. The van der Waals surface area contributed by atoms with Crippen molar-refractivity contribution in [1.29, 1.82) is 0 Å². The third kappa shape index (κ3) is 3.51. The molecule has 2 heterocycles. The van der Waals surface area contributed by atoms with E-state index in [4.69, 9.17) is 5.73 Å². The highest BCUT2D eigenvalue weighted by Gasteiger charge is 2.36. The number of hydrogen-bond donors (Lipinski definition) is 1. The lowest BCUT2D eigenvalue weighted by atomic mass is 9.96. The molecular formula is C15H27N3O2. The lowest BCUT2D eigenvalue weighted by Gasteiger charge is -2.37. The van der Waals surface area contributed by atoms with Crippen LogP contribution in [-0.2, 0) is 9.59 Å². The molecule has 0 spiro atoms. The number of hydrogen-bond acceptors (Lipinski definition) is 3. The Morgan fingerprint density at radius 3 is 2.90 bits per heavy atom. The molecule has 20 heavy (non-hydrogen) atoms. The number of nitrogens with zero attached hydrogens (tertiary/aromatic N) is 2. The van der Waals surface area contributed by atoms with Crippen molar-refractivity contribution in [3.63, 3.8) is 0 Å². The van der Waals surface area contributed by atoms with Crippen molar-refractivity contribution in [2.75, 3.05) is 26.2 Å². The van der Waals surface area contributed by atoms with Crippen LogP contribution in [0, 0.1) is 5.92 Å². The average Bonchev–Trinajstić information content (AvgIpc) is 2.84. The Bertz CT molecular complexity index is 359. The van der Waals surface area contributed by atoms with Crippen LogP contribution in [0.15, 0.2) is 0 Å². The van der Waals surface area contributed by atoms with E-state index in [1.165, 1.54) is 0 Å². The molecule has 0 bridgehead atoms. The average molecular weight is 281 g/mol. The molecule has 0 aliphatic carbocycles. The number of carbonyl (C=O) groups is 2. The van der Waals surface area contributed by atoms with Crippen molar-refractivity contribution in [1.82, 2.24) is 9.80 Å². The summed E-state index contributed by atoms with van der Waals surface area (Å²) in [6, 6.07) is 0.270. The Balaban J connectivity index is 1.77. The molecule has 2 unspecified atom stereocenters.